The van der Waals surface area contributed by atoms with Crippen LogP contribution in [0.15, 0.2) is 29.2 Å². The van der Waals surface area contributed by atoms with Crippen LogP contribution in [0.25, 0.3) is 0 Å². The van der Waals surface area contributed by atoms with Crippen LogP contribution in [0.5, 0.6) is 5.75 Å². The summed E-state index contributed by atoms with van der Waals surface area (Å²) in [5.41, 5.74) is 0. The minimum Gasteiger partial charge on any atom is -0.497 e. The van der Waals surface area contributed by atoms with Gasteiger partial charge in [0.2, 0.25) is 0 Å². The number of nitrogens with one attached hydrogen (secondary N) is 1. The smallest absolute Gasteiger partial charge is 0.118 e. The third kappa shape index (κ3) is 3.12. The van der Waals surface area contributed by atoms with Gasteiger partial charge in [0.25, 0.3) is 0 Å². The molecule has 0 bridgehead atoms. The second kappa shape index (κ2) is 5.39. The van der Waals surface area contributed by atoms with Crippen molar-refractivity contribution in [1.82, 2.24) is 9.62 Å². The zero-order valence-electron chi connectivity index (χ0n) is 8.90. The van der Waals surface area contributed by atoms with Crippen LogP contribution in [-0.2, 0) is 0 Å². The SMILES string of the molecule is COc1ccc(SN2CCNCC2)cc1. The molecule has 0 saturated carbocycles. The third-order valence-corrected chi connectivity index (χ3v) is 3.48. The van der Waals surface area contributed by atoms with Crippen LogP contribution in [0, 0.1) is 0 Å². The highest BCUT2D eigenvalue weighted by Crippen LogP contribution is 2.24. The molecule has 1 aliphatic heterocycles. The van der Waals surface area contributed by atoms with E-state index in [1.165, 1.54) is 4.90 Å². The fourth-order valence-corrected chi connectivity index (χ4v) is 2.44. The second-order valence-electron chi connectivity index (χ2n) is 3.45. The zero-order chi connectivity index (χ0) is 10.5. The summed E-state index contributed by atoms with van der Waals surface area (Å²) in [5, 5.41) is 3.34. The number of nitrogens with zero attached hydrogens (tertiary/aromatic N) is 1. The van der Waals surface area contributed by atoms with Crippen molar-refractivity contribution in [3.8, 4) is 5.75 Å². The van der Waals surface area contributed by atoms with E-state index < -0.39 is 0 Å². The Kier molecular flexibility index (Phi) is 3.88. The summed E-state index contributed by atoms with van der Waals surface area (Å²) in [4.78, 5) is 1.28. The van der Waals surface area contributed by atoms with Crippen LogP contribution < -0.4 is 10.1 Å². The lowest BCUT2D eigenvalue weighted by molar-refractivity contribution is 0.396. The average molecular weight is 224 g/mol. The standard InChI is InChI=1S/C11H16N2OS/c1-14-10-2-4-11(5-3-10)15-13-8-6-12-7-9-13/h2-5,12H,6-9H2,1H3. The van der Waals surface area contributed by atoms with Gasteiger partial charge in [-0.15, -0.1) is 0 Å². The highest BCUT2D eigenvalue weighted by Gasteiger charge is 2.10. The van der Waals surface area contributed by atoms with Gasteiger partial charge in [0, 0.05) is 31.1 Å². The monoisotopic (exact) mass is 224 g/mol. The van der Waals surface area contributed by atoms with Crippen LogP contribution in [0.1, 0.15) is 0 Å². The molecule has 0 amide bonds. The number of hydrogen-bond acceptors (Lipinski definition) is 4. The van der Waals surface area contributed by atoms with Gasteiger partial charge in [-0.3, -0.25) is 0 Å². The van der Waals surface area contributed by atoms with Crippen LogP contribution >= 0.6 is 11.9 Å². The van der Waals surface area contributed by atoms with Gasteiger partial charge in [-0.05, 0) is 36.2 Å². The number of methoxy groups -OCH3 is 1. The Labute approximate surface area is 94.9 Å². The molecule has 0 unspecified atom stereocenters. The molecule has 82 valence electrons. The Hall–Kier alpha value is -0.710. The fourth-order valence-electron chi connectivity index (χ4n) is 1.52. The molecule has 3 nitrogen and oxygen atoms in total. The van der Waals surface area contributed by atoms with Gasteiger partial charge >= 0.3 is 0 Å². The summed E-state index contributed by atoms with van der Waals surface area (Å²) in [6.07, 6.45) is 0. The van der Waals surface area contributed by atoms with E-state index in [0.717, 1.165) is 31.9 Å². The number of benzene rings is 1. The highest BCUT2D eigenvalue weighted by atomic mass is 32.2. The van der Waals surface area contributed by atoms with Gasteiger partial charge in [-0.1, -0.05) is 0 Å². The van der Waals surface area contributed by atoms with Crippen molar-refractivity contribution in [2.75, 3.05) is 33.3 Å². The van der Waals surface area contributed by atoms with E-state index in [-0.39, 0.29) is 0 Å². The maximum atomic E-state index is 5.13. The molecule has 1 saturated heterocycles. The first-order valence-corrected chi connectivity index (χ1v) is 5.93. The van der Waals surface area contributed by atoms with E-state index >= 15 is 0 Å². The molecule has 1 N–H and O–H groups in total. The van der Waals surface area contributed by atoms with E-state index in [1.54, 1.807) is 7.11 Å². The maximum Gasteiger partial charge on any atom is 0.118 e. The Bertz CT molecular complexity index is 296. The number of ether oxygens (including phenoxy) is 1. The molecule has 0 atom stereocenters. The summed E-state index contributed by atoms with van der Waals surface area (Å²) in [6.45, 7) is 4.39. The number of piperazine rings is 1. The lowest BCUT2D eigenvalue weighted by Gasteiger charge is -2.25. The van der Waals surface area contributed by atoms with Crippen molar-refractivity contribution in [3.05, 3.63) is 24.3 Å². The molecule has 0 radical (unpaired) electrons. The summed E-state index contributed by atoms with van der Waals surface area (Å²) in [5.74, 6) is 0.916. The van der Waals surface area contributed by atoms with E-state index in [9.17, 15) is 0 Å². The normalized spacial score (nSPS) is 17.7. The Balaban J connectivity index is 1.91. The molecule has 1 heterocycles. The van der Waals surface area contributed by atoms with Gasteiger partial charge in [0.15, 0.2) is 0 Å². The Morgan fingerprint density at radius 2 is 1.87 bits per heavy atom. The summed E-state index contributed by atoms with van der Waals surface area (Å²) in [7, 11) is 1.69. The first kappa shape index (κ1) is 10.8. The van der Waals surface area contributed by atoms with Crippen LogP contribution in [0.3, 0.4) is 0 Å². The van der Waals surface area contributed by atoms with Crippen molar-refractivity contribution in [2.45, 2.75) is 4.90 Å². The first-order valence-electron chi connectivity index (χ1n) is 5.16. The van der Waals surface area contributed by atoms with E-state index in [4.69, 9.17) is 4.74 Å². The van der Waals surface area contributed by atoms with Crippen LogP contribution in [0.2, 0.25) is 0 Å². The van der Waals surface area contributed by atoms with Crippen LogP contribution in [0.4, 0.5) is 0 Å². The lowest BCUT2D eigenvalue weighted by Crippen LogP contribution is -2.39. The van der Waals surface area contributed by atoms with Crippen molar-refractivity contribution in [2.24, 2.45) is 0 Å². The number of hydrogen-bond donors (Lipinski definition) is 1. The maximum absolute atomic E-state index is 5.13. The minimum atomic E-state index is 0.916. The zero-order valence-corrected chi connectivity index (χ0v) is 9.72. The molecule has 0 aliphatic carbocycles. The predicted octanol–water partition coefficient (Wildman–Crippen LogP) is 1.61. The van der Waals surface area contributed by atoms with E-state index in [2.05, 4.69) is 21.8 Å². The molecular formula is C11H16N2OS. The molecule has 1 fully saturated rings. The Morgan fingerprint density at radius 1 is 1.20 bits per heavy atom. The quantitative estimate of drug-likeness (QED) is 0.788. The fraction of sp³-hybridized carbons (Fsp3) is 0.455. The van der Waals surface area contributed by atoms with Gasteiger partial charge in [0.05, 0.1) is 7.11 Å². The topological polar surface area (TPSA) is 24.5 Å². The average Bonchev–Trinajstić information content (AvgIpc) is 2.31. The predicted molar refractivity (Wildman–Crippen MR) is 63.3 cm³/mol. The van der Waals surface area contributed by atoms with Crippen LogP contribution in [-0.4, -0.2) is 37.6 Å². The molecular weight excluding hydrogens is 208 g/mol. The molecule has 2 rings (SSSR count). The largest absolute Gasteiger partial charge is 0.497 e. The molecule has 1 aromatic carbocycles. The lowest BCUT2D eigenvalue weighted by atomic mass is 10.3. The summed E-state index contributed by atoms with van der Waals surface area (Å²) in [6, 6.07) is 8.21. The molecule has 15 heavy (non-hydrogen) atoms. The van der Waals surface area contributed by atoms with Gasteiger partial charge in [-0.25, -0.2) is 4.31 Å². The van der Waals surface area contributed by atoms with Crippen molar-refractivity contribution in [1.29, 1.82) is 0 Å². The number of rotatable bonds is 3. The first-order chi connectivity index (χ1) is 7.38. The van der Waals surface area contributed by atoms with Gasteiger partial charge in [-0.2, -0.15) is 0 Å². The molecule has 4 heteroatoms. The summed E-state index contributed by atoms with van der Waals surface area (Å²) < 4.78 is 7.51. The third-order valence-electron chi connectivity index (χ3n) is 2.37. The molecule has 1 aliphatic rings. The van der Waals surface area contributed by atoms with Crippen molar-refractivity contribution in [3.63, 3.8) is 0 Å². The van der Waals surface area contributed by atoms with Gasteiger partial charge < -0.3 is 10.1 Å². The van der Waals surface area contributed by atoms with Crippen molar-refractivity contribution >= 4 is 11.9 Å². The summed E-state index contributed by atoms with van der Waals surface area (Å²) >= 11 is 1.82. The molecule has 0 aromatic heterocycles. The highest BCUT2D eigenvalue weighted by molar-refractivity contribution is 7.97. The molecule has 0 spiro atoms. The van der Waals surface area contributed by atoms with Gasteiger partial charge in [0.1, 0.15) is 5.75 Å². The Morgan fingerprint density at radius 3 is 2.47 bits per heavy atom. The van der Waals surface area contributed by atoms with Crippen molar-refractivity contribution < 1.29 is 4.74 Å². The van der Waals surface area contributed by atoms with E-state index in [1.807, 2.05) is 24.1 Å². The van der Waals surface area contributed by atoms with E-state index in [0.29, 0.717) is 0 Å². The minimum absolute atomic E-state index is 0.916. The second-order valence-corrected chi connectivity index (χ2v) is 4.62. The molecule has 1 aromatic rings.